The second kappa shape index (κ2) is 6.77. The van der Waals surface area contributed by atoms with Crippen LogP contribution in [0.5, 0.6) is 0 Å². The monoisotopic (exact) mass is 301 g/mol. The van der Waals surface area contributed by atoms with Crippen LogP contribution in [0.4, 0.5) is 0 Å². The number of amides is 1. The standard InChI is InChI=1S/C16H23N5O/c1-20-15(7-9-18-20)4-5-16(22)21-10-2-3-13(12-21)11-14-6-8-17-19-14/h6-9,13H,2-5,10-12H2,1H3,(H,17,19)/t13-/m0/s1. The van der Waals surface area contributed by atoms with Gasteiger partial charge < -0.3 is 4.90 Å². The lowest BCUT2D eigenvalue weighted by atomic mass is 9.93. The van der Waals surface area contributed by atoms with Gasteiger partial charge in [-0.25, -0.2) is 0 Å². The van der Waals surface area contributed by atoms with E-state index in [-0.39, 0.29) is 5.91 Å². The van der Waals surface area contributed by atoms with Crippen LogP contribution in [0.1, 0.15) is 30.7 Å². The molecule has 6 nitrogen and oxygen atoms in total. The number of rotatable bonds is 5. The third kappa shape index (κ3) is 3.55. The Morgan fingerprint density at radius 1 is 1.41 bits per heavy atom. The molecule has 6 heteroatoms. The van der Waals surface area contributed by atoms with Gasteiger partial charge in [0.2, 0.25) is 5.91 Å². The smallest absolute Gasteiger partial charge is 0.222 e. The van der Waals surface area contributed by atoms with Gasteiger partial charge in [0.25, 0.3) is 0 Å². The molecule has 0 aliphatic carbocycles. The van der Waals surface area contributed by atoms with Gasteiger partial charge in [-0.05, 0) is 43.7 Å². The summed E-state index contributed by atoms with van der Waals surface area (Å²) in [6.07, 6.45) is 8.15. The zero-order valence-electron chi connectivity index (χ0n) is 13.0. The van der Waals surface area contributed by atoms with E-state index >= 15 is 0 Å². The molecule has 118 valence electrons. The van der Waals surface area contributed by atoms with E-state index in [4.69, 9.17) is 0 Å². The number of H-pyrrole nitrogens is 1. The van der Waals surface area contributed by atoms with Gasteiger partial charge in [0, 0.05) is 50.3 Å². The van der Waals surface area contributed by atoms with Crippen LogP contribution in [0.3, 0.4) is 0 Å². The third-order valence-electron chi connectivity index (χ3n) is 4.46. The quantitative estimate of drug-likeness (QED) is 0.911. The Bertz CT molecular complexity index is 604. The van der Waals surface area contributed by atoms with Crippen LogP contribution in [-0.2, 0) is 24.7 Å². The van der Waals surface area contributed by atoms with E-state index in [1.807, 2.05) is 28.8 Å². The van der Waals surface area contributed by atoms with Crippen LogP contribution in [-0.4, -0.2) is 43.9 Å². The van der Waals surface area contributed by atoms with Crippen molar-refractivity contribution < 1.29 is 4.79 Å². The Hall–Kier alpha value is -2.11. The van der Waals surface area contributed by atoms with E-state index in [9.17, 15) is 4.79 Å². The van der Waals surface area contributed by atoms with E-state index in [1.165, 1.54) is 6.42 Å². The highest BCUT2D eigenvalue weighted by Gasteiger charge is 2.24. The van der Waals surface area contributed by atoms with Crippen molar-refractivity contribution in [3.63, 3.8) is 0 Å². The second-order valence-electron chi connectivity index (χ2n) is 6.08. The largest absolute Gasteiger partial charge is 0.342 e. The lowest BCUT2D eigenvalue weighted by Gasteiger charge is -2.32. The first-order valence-corrected chi connectivity index (χ1v) is 7.95. The highest BCUT2D eigenvalue weighted by Crippen LogP contribution is 2.21. The number of aryl methyl sites for hydroxylation is 2. The van der Waals surface area contributed by atoms with E-state index in [0.29, 0.717) is 12.3 Å². The predicted molar refractivity (Wildman–Crippen MR) is 83.1 cm³/mol. The number of piperidine rings is 1. The van der Waals surface area contributed by atoms with E-state index in [0.717, 1.165) is 43.7 Å². The second-order valence-corrected chi connectivity index (χ2v) is 6.08. The van der Waals surface area contributed by atoms with Crippen LogP contribution in [0.2, 0.25) is 0 Å². The average Bonchev–Trinajstić information content (AvgIpc) is 3.17. The zero-order valence-corrected chi connectivity index (χ0v) is 13.0. The molecule has 0 bridgehead atoms. The average molecular weight is 301 g/mol. The highest BCUT2D eigenvalue weighted by molar-refractivity contribution is 5.76. The minimum absolute atomic E-state index is 0.260. The van der Waals surface area contributed by atoms with Crippen LogP contribution in [0, 0.1) is 5.92 Å². The van der Waals surface area contributed by atoms with Crippen molar-refractivity contribution in [2.75, 3.05) is 13.1 Å². The summed E-state index contributed by atoms with van der Waals surface area (Å²) in [6.45, 7) is 1.76. The molecule has 1 N–H and O–H groups in total. The Kier molecular flexibility index (Phi) is 4.56. The maximum atomic E-state index is 12.4. The molecular weight excluding hydrogens is 278 g/mol. The van der Waals surface area contributed by atoms with Crippen LogP contribution in [0.25, 0.3) is 0 Å². The minimum Gasteiger partial charge on any atom is -0.342 e. The number of aromatic amines is 1. The SMILES string of the molecule is Cn1nccc1CCC(=O)N1CCC[C@@H](Cc2ccn[nH]2)C1. The molecule has 0 saturated carbocycles. The number of hydrogen-bond acceptors (Lipinski definition) is 3. The predicted octanol–water partition coefficient (Wildman–Crippen LogP) is 1.56. The van der Waals surface area contributed by atoms with Crippen molar-refractivity contribution in [3.05, 3.63) is 35.9 Å². The molecule has 1 amide bonds. The van der Waals surface area contributed by atoms with Gasteiger partial charge in [-0.3, -0.25) is 14.6 Å². The number of carbonyl (C=O) groups excluding carboxylic acids is 1. The Balaban J connectivity index is 1.50. The lowest BCUT2D eigenvalue weighted by molar-refractivity contribution is -0.133. The summed E-state index contributed by atoms with van der Waals surface area (Å²) in [5.74, 6) is 0.797. The number of likely N-dealkylation sites (tertiary alicyclic amines) is 1. The van der Waals surface area contributed by atoms with Crippen molar-refractivity contribution in [2.24, 2.45) is 13.0 Å². The fourth-order valence-electron chi connectivity index (χ4n) is 3.21. The van der Waals surface area contributed by atoms with Crippen molar-refractivity contribution >= 4 is 5.91 Å². The van der Waals surface area contributed by atoms with Crippen molar-refractivity contribution in [2.45, 2.75) is 32.1 Å². The van der Waals surface area contributed by atoms with E-state index < -0.39 is 0 Å². The maximum Gasteiger partial charge on any atom is 0.222 e. The summed E-state index contributed by atoms with van der Waals surface area (Å²) in [5, 5.41) is 11.2. The molecule has 1 fully saturated rings. The molecule has 0 unspecified atom stereocenters. The molecule has 2 aromatic heterocycles. The van der Waals surface area contributed by atoms with Gasteiger partial charge >= 0.3 is 0 Å². The molecule has 1 saturated heterocycles. The number of carbonyl (C=O) groups is 1. The Morgan fingerprint density at radius 3 is 3.05 bits per heavy atom. The number of nitrogens with zero attached hydrogens (tertiary/aromatic N) is 4. The molecule has 22 heavy (non-hydrogen) atoms. The lowest BCUT2D eigenvalue weighted by Crippen LogP contribution is -2.40. The summed E-state index contributed by atoms with van der Waals surface area (Å²) >= 11 is 0. The van der Waals surface area contributed by atoms with E-state index in [1.54, 1.807) is 12.4 Å². The Labute approximate surface area is 130 Å². The topological polar surface area (TPSA) is 66.8 Å². The first-order valence-electron chi connectivity index (χ1n) is 7.95. The van der Waals surface area contributed by atoms with Crippen LogP contribution >= 0.6 is 0 Å². The normalized spacial score (nSPS) is 18.6. The van der Waals surface area contributed by atoms with Gasteiger partial charge in [-0.1, -0.05) is 0 Å². The molecule has 3 rings (SSSR count). The zero-order chi connectivity index (χ0) is 15.4. The summed E-state index contributed by atoms with van der Waals surface area (Å²) in [7, 11) is 1.92. The van der Waals surface area contributed by atoms with Gasteiger partial charge in [-0.15, -0.1) is 0 Å². The van der Waals surface area contributed by atoms with Crippen molar-refractivity contribution in [1.82, 2.24) is 24.9 Å². The van der Waals surface area contributed by atoms with Crippen LogP contribution in [0.15, 0.2) is 24.5 Å². The maximum absolute atomic E-state index is 12.4. The van der Waals surface area contributed by atoms with Crippen molar-refractivity contribution in [1.29, 1.82) is 0 Å². The fraction of sp³-hybridized carbons (Fsp3) is 0.562. The molecule has 2 aromatic rings. The molecule has 1 aliphatic heterocycles. The van der Waals surface area contributed by atoms with Crippen LogP contribution < -0.4 is 0 Å². The summed E-state index contributed by atoms with van der Waals surface area (Å²) in [5.41, 5.74) is 2.27. The fourth-order valence-corrected chi connectivity index (χ4v) is 3.21. The first-order chi connectivity index (χ1) is 10.7. The number of hydrogen-bond donors (Lipinski definition) is 1. The first kappa shape index (κ1) is 14.8. The molecule has 0 spiro atoms. The summed E-state index contributed by atoms with van der Waals surface area (Å²) in [6, 6.07) is 3.99. The van der Waals surface area contributed by atoms with E-state index in [2.05, 4.69) is 15.3 Å². The number of nitrogens with one attached hydrogen (secondary N) is 1. The summed E-state index contributed by atoms with van der Waals surface area (Å²) < 4.78 is 1.84. The van der Waals surface area contributed by atoms with Crippen molar-refractivity contribution in [3.8, 4) is 0 Å². The molecule has 0 radical (unpaired) electrons. The highest BCUT2D eigenvalue weighted by atomic mass is 16.2. The molecule has 1 atom stereocenters. The molecule has 1 aliphatic rings. The Morgan fingerprint density at radius 2 is 2.32 bits per heavy atom. The molecule has 3 heterocycles. The van der Waals surface area contributed by atoms with Gasteiger partial charge in [0.15, 0.2) is 0 Å². The summed E-state index contributed by atoms with van der Waals surface area (Å²) in [4.78, 5) is 14.5. The number of aromatic nitrogens is 4. The molecule has 0 aromatic carbocycles. The van der Waals surface area contributed by atoms with Gasteiger partial charge in [0.1, 0.15) is 0 Å². The molecular formula is C16H23N5O. The van der Waals surface area contributed by atoms with Gasteiger partial charge in [-0.2, -0.15) is 10.2 Å². The minimum atomic E-state index is 0.260. The third-order valence-corrected chi connectivity index (χ3v) is 4.46. The van der Waals surface area contributed by atoms with Gasteiger partial charge in [0.05, 0.1) is 0 Å².